The summed E-state index contributed by atoms with van der Waals surface area (Å²) >= 11 is 5.94. The zero-order valence-electron chi connectivity index (χ0n) is 9.96. The summed E-state index contributed by atoms with van der Waals surface area (Å²) < 4.78 is 1.63. The number of carbonyl (C=O) groups excluding carboxylic acids is 1. The Kier molecular flexibility index (Phi) is 4.96. The van der Waals surface area contributed by atoms with Gasteiger partial charge in [0.15, 0.2) is 5.78 Å². The number of hydrogen-bond donors (Lipinski definition) is 1. The molecule has 0 aliphatic heterocycles. The average molecular weight is 244 g/mol. The van der Waals surface area contributed by atoms with Gasteiger partial charge in [-0.1, -0.05) is 18.5 Å². The fourth-order valence-electron chi connectivity index (χ4n) is 1.37. The topological polar surface area (TPSA) is 46.9 Å². The molecule has 16 heavy (non-hydrogen) atoms. The first-order valence-electron chi connectivity index (χ1n) is 5.58. The summed E-state index contributed by atoms with van der Waals surface area (Å²) in [5, 5.41) is 7.62. The van der Waals surface area contributed by atoms with Gasteiger partial charge in [0, 0.05) is 12.6 Å². The maximum atomic E-state index is 11.9. The van der Waals surface area contributed by atoms with Crippen molar-refractivity contribution in [3.63, 3.8) is 0 Å². The van der Waals surface area contributed by atoms with E-state index in [0.29, 0.717) is 29.8 Å². The molecule has 1 aromatic heterocycles. The van der Waals surface area contributed by atoms with Gasteiger partial charge in [0.25, 0.3) is 0 Å². The van der Waals surface area contributed by atoms with Crippen LogP contribution in [0.2, 0.25) is 5.02 Å². The lowest BCUT2D eigenvalue weighted by atomic mass is 10.2. The van der Waals surface area contributed by atoms with Crippen molar-refractivity contribution in [3.8, 4) is 0 Å². The second-order valence-corrected chi connectivity index (χ2v) is 4.18. The third-order valence-corrected chi connectivity index (χ3v) is 2.86. The SMILES string of the molecule is CCC(C)NCC(=O)c1c(Cl)cnn1CC. The van der Waals surface area contributed by atoms with Gasteiger partial charge in [-0.2, -0.15) is 5.10 Å². The highest BCUT2D eigenvalue weighted by Crippen LogP contribution is 2.15. The molecular formula is C11H18ClN3O. The van der Waals surface area contributed by atoms with Gasteiger partial charge in [-0.05, 0) is 20.3 Å². The molecule has 0 fully saturated rings. The number of hydrogen-bond acceptors (Lipinski definition) is 3. The average Bonchev–Trinajstić information content (AvgIpc) is 2.66. The number of halogens is 1. The van der Waals surface area contributed by atoms with Gasteiger partial charge in [0.2, 0.25) is 0 Å². The van der Waals surface area contributed by atoms with E-state index in [4.69, 9.17) is 11.6 Å². The molecule has 1 atom stereocenters. The van der Waals surface area contributed by atoms with Crippen LogP contribution in [0.4, 0.5) is 0 Å². The van der Waals surface area contributed by atoms with Crippen LogP contribution in [0.25, 0.3) is 0 Å². The molecule has 0 spiro atoms. The number of rotatable bonds is 6. The Hall–Kier alpha value is -0.870. The van der Waals surface area contributed by atoms with Crippen molar-refractivity contribution in [1.82, 2.24) is 15.1 Å². The molecule has 90 valence electrons. The normalized spacial score (nSPS) is 12.8. The molecule has 0 saturated heterocycles. The summed E-state index contributed by atoms with van der Waals surface area (Å²) in [7, 11) is 0. The molecule has 5 heteroatoms. The highest BCUT2D eigenvalue weighted by Gasteiger charge is 2.16. The Morgan fingerprint density at radius 1 is 1.62 bits per heavy atom. The smallest absolute Gasteiger partial charge is 0.196 e. The van der Waals surface area contributed by atoms with Gasteiger partial charge in [0.05, 0.1) is 17.8 Å². The molecule has 0 radical (unpaired) electrons. The van der Waals surface area contributed by atoms with Gasteiger partial charge >= 0.3 is 0 Å². The van der Waals surface area contributed by atoms with Crippen molar-refractivity contribution in [3.05, 3.63) is 16.9 Å². The van der Waals surface area contributed by atoms with Crippen molar-refractivity contribution in [2.24, 2.45) is 0 Å². The minimum atomic E-state index is -0.00958. The highest BCUT2D eigenvalue weighted by molar-refractivity contribution is 6.33. The Labute approximate surface area is 101 Å². The molecule has 0 amide bonds. The summed E-state index contributed by atoms with van der Waals surface area (Å²) in [6, 6.07) is 0.334. The highest BCUT2D eigenvalue weighted by atomic mass is 35.5. The molecule has 0 aliphatic carbocycles. The van der Waals surface area contributed by atoms with E-state index >= 15 is 0 Å². The Morgan fingerprint density at radius 3 is 2.88 bits per heavy atom. The van der Waals surface area contributed by atoms with E-state index in [2.05, 4.69) is 17.3 Å². The maximum Gasteiger partial charge on any atom is 0.196 e. The maximum absolute atomic E-state index is 11.9. The van der Waals surface area contributed by atoms with Crippen molar-refractivity contribution >= 4 is 17.4 Å². The number of nitrogens with zero attached hydrogens (tertiary/aromatic N) is 2. The van der Waals surface area contributed by atoms with Crippen LogP contribution >= 0.6 is 11.6 Å². The summed E-state index contributed by atoms with van der Waals surface area (Å²) in [6.07, 6.45) is 2.51. The zero-order chi connectivity index (χ0) is 12.1. The van der Waals surface area contributed by atoms with Crippen molar-refractivity contribution in [2.75, 3.05) is 6.54 Å². The van der Waals surface area contributed by atoms with E-state index in [-0.39, 0.29) is 5.78 Å². The van der Waals surface area contributed by atoms with E-state index < -0.39 is 0 Å². The fourth-order valence-corrected chi connectivity index (χ4v) is 1.62. The van der Waals surface area contributed by atoms with Crippen LogP contribution in [0, 0.1) is 0 Å². The first kappa shape index (κ1) is 13.2. The fraction of sp³-hybridized carbons (Fsp3) is 0.636. The van der Waals surface area contributed by atoms with E-state index in [9.17, 15) is 4.79 Å². The largest absolute Gasteiger partial charge is 0.307 e. The molecule has 1 aromatic rings. The van der Waals surface area contributed by atoms with Gasteiger partial charge in [-0.3, -0.25) is 9.48 Å². The van der Waals surface area contributed by atoms with E-state index in [1.807, 2.05) is 13.8 Å². The van der Waals surface area contributed by atoms with Crippen molar-refractivity contribution in [1.29, 1.82) is 0 Å². The summed E-state index contributed by atoms with van der Waals surface area (Å²) in [4.78, 5) is 11.9. The second kappa shape index (κ2) is 6.01. The molecule has 1 rings (SSSR count). The zero-order valence-corrected chi connectivity index (χ0v) is 10.7. The molecular weight excluding hydrogens is 226 g/mol. The number of aromatic nitrogens is 2. The molecule has 0 aromatic carbocycles. The first-order chi connectivity index (χ1) is 7.60. The van der Waals surface area contributed by atoms with Gasteiger partial charge in [-0.25, -0.2) is 0 Å². The minimum absolute atomic E-state index is 0.00958. The molecule has 1 heterocycles. The molecule has 0 bridgehead atoms. The standard InChI is InChI=1S/C11H18ClN3O/c1-4-8(3)13-7-10(16)11-9(12)6-14-15(11)5-2/h6,8,13H,4-5,7H2,1-3H3. The molecule has 1 N–H and O–H groups in total. The predicted octanol–water partition coefficient (Wildman–Crippen LogP) is 2.13. The van der Waals surface area contributed by atoms with E-state index in [1.54, 1.807) is 4.68 Å². The predicted molar refractivity (Wildman–Crippen MR) is 65.0 cm³/mol. The van der Waals surface area contributed by atoms with Gasteiger partial charge < -0.3 is 5.32 Å². The van der Waals surface area contributed by atoms with Gasteiger partial charge in [-0.15, -0.1) is 0 Å². The summed E-state index contributed by atoms with van der Waals surface area (Å²) in [5.74, 6) is -0.00958. The third kappa shape index (κ3) is 3.06. The second-order valence-electron chi connectivity index (χ2n) is 3.77. The lowest BCUT2D eigenvalue weighted by Gasteiger charge is -2.11. The third-order valence-electron chi connectivity index (χ3n) is 2.58. The minimum Gasteiger partial charge on any atom is -0.307 e. The van der Waals surface area contributed by atoms with Crippen molar-refractivity contribution < 1.29 is 4.79 Å². The van der Waals surface area contributed by atoms with Crippen molar-refractivity contribution in [2.45, 2.75) is 39.8 Å². The Morgan fingerprint density at radius 2 is 2.31 bits per heavy atom. The van der Waals surface area contributed by atoms with Crippen LogP contribution < -0.4 is 5.32 Å². The number of carbonyl (C=O) groups is 1. The summed E-state index contributed by atoms with van der Waals surface area (Å²) in [5.41, 5.74) is 0.500. The molecule has 1 unspecified atom stereocenters. The molecule has 4 nitrogen and oxygen atoms in total. The number of Topliss-reactive ketones (excluding diaryl/α,β-unsaturated/α-hetero) is 1. The Balaban J connectivity index is 2.69. The van der Waals surface area contributed by atoms with E-state index in [1.165, 1.54) is 6.20 Å². The van der Waals surface area contributed by atoms with Crippen LogP contribution in [0.5, 0.6) is 0 Å². The number of ketones is 1. The Bertz CT molecular complexity index is 362. The lowest BCUT2D eigenvalue weighted by molar-refractivity contribution is 0.0977. The molecule has 0 saturated carbocycles. The van der Waals surface area contributed by atoms with Crippen LogP contribution in [0.1, 0.15) is 37.7 Å². The van der Waals surface area contributed by atoms with E-state index in [0.717, 1.165) is 6.42 Å². The van der Waals surface area contributed by atoms with Crippen LogP contribution in [0.15, 0.2) is 6.20 Å². The monoisotopic (exact) mass is 243 g/mol. The quantitative estimate of drug-likeness (QED) is 0.779. The molecule has 0 aliphatic rings. The summed E-state index contributed by atoms with van der Waals surface area (Å²) in [6.45, 7) is 7.01. The number of aryl methyl sites for hydroxylation is 1. The van der Waals surface area contributed by atoms with Crippen LogP contribution in [-0.2, 0) is 6.54 Å². The lowest BCUT2D eigenvalue weighted by Crippen LogP contribution is -2.32. The first-order valence-corrected chi connectivity index (χ1v) is 5.95. The number of nitrogens with one attached hydrogen (secondary N) is 1. The van der Waals surface area contributed by atoms with Gasteiger partial charge in [0.1, 0.15) is 5.69 Å². The van der Waals surface area contributed by atoms with Crippen LogP contribution in [0.3, 0.4) is 0 Å². The van der Waals surface area contributed by atoms with Crippen LogP contribution in [-0.4, -0.2) is 28.2 Å².